The molecule has 0 saturated heterocycles. The second-order valence-corrected chi connectivity index (χ2v) is 4.21. The van der Waals surface area contributed by atoms with E-state index in [0.29, 0.717) is 19.6 Å². The number of terminal acetylenes is 1. The van der Waals surface area contributed by atoms with E-state index in [1.807, 2.05) is 30.3 Å². The van der Waals surface area contributed by atoms with E-state index in [0.717, 1.165) is 5.75 Å². The summed E-state index contributed by atoms with van der Waals surface area (Å²) in [6.07, 6.45) is 5.59. The molecule has 0 aliphatic heterocycles. The molecule has 0 bridgehead atoms. The monoisotopic (exact) mass is 290 g/mol. The van der Waals surface area contributed by atoms with Crippen molar-refractivity contribution in [2.45, 2.75) is 18.9 Å². The number of para-hydroxylation sites is 1. The van der Waals surface area contributed by atoms with Gasteiger partial charge in [-0.25, -0.2) is 9.59 Å². The lowest BCUT2D eigenvalue weighted by Gasteiger charge is -2.13. The number of urea groups is 1. The number of nitrogens with one attached hydrogen (secondary N) is 2. The first kappa shape index (κ1) is 16.4. The Morgan fingerprint density at radius 2 is 2.05 bits per heavy atom. The van der Waals surface area contributed by atoms with Gasteiger partial charge in [0.15, 0.2) is 0 Å². The molecule has 6 nitrogen and oxygen atoms in total. The average Bonchev–Trinajstić information content (AvgIpc) is 2.47. The van der Waals surface area contributed by atoms with E-state index >= 15 is 0 Å². The standard InChI is InChI=1S/C15H18N2O4/c1-2-7-13(14(18)19)17-15(20)16-10-6-11-21-12-8-4-3-5-9-12/h1,3-5,8-9,13H,6-7,10-11H2,(H,18,19)(H2,16,17,20). The molecule has 6 heteroatoms. The predicted molar refractivity (Wildman–Crippen MR) is 78.0 cm³/mol. The Labute approximate surface area is 123 Å². The van der Waals surface area contributed by atoms with Gasteiger partial charge in [0.2, 0.25) is 0 Å². The summed E-state index contributed by atoms with van der Waals surface area (Å²) < 4.78 is 5.45. The first-order valence-corrected chi connectivity index (χ1v) is 6.52. The maximum absolute atomic E-state index is 11.5. The lowest BCUT2D eigenvalue weighted by Crippen LogP contribution is -2.46. The summed E-state index contributed by atoms with van der Waals surface area (Å²) in [5, 5.41) is 13.7. The van der Waals surface area contributed by atoms with Gasteiger partial charge in [-0.2, -0.15) is 0 Å². The Bertz CT molecular complexity index is 496. The summed E-state index contributed by atoms with van der Waals surface area (Å²) in [6, 6.07) is 7.70. The van der Waals surface area contributed by atoms with Gasteiger partial charge in [-0.1, -0.05) is 18.2 Å². The molecule has 3 N–H and O–H groups in total. The summed E-state index contributed by atoms with van der Waals surface area (Å²) in [5.74, 6) is 1.81. The molecule has 0 radical (unpaired) electrons. The molecule has 0 heterocycles. The number of carboxylic acid groups (broad SMARTS) is 1. The number of hydrogen-bond donors (Lipinski definition) is 3. The zero-order chi connectivity index (χ0) is 15.5. The van der Waals surface area contributed by atoms with Crippen molar-refractivity contribution in [3.05, 3.63) is 30.3 Å². The maximum Gasteiger partial charge on any atom is 0.327 e. The SMILES string of the molecule is C#CCC(NC(=O)NCCCOc1ccccc1)C(=O)O. The van der Waals surface area contributed by atoms with Crippen molar-refractivity contribution >= 4 is 12.0 Å². The Balaban J connectivity index is 2.16. The smallest absolute Gasteiger partial charge is 0.327 e. The molecule has 0 saturated carbocycles. The number of amides is 2. The molecular weight excluding hydrogens is 272 g/mol. The molecule has 0 aliphatic rings. The Kier molecular flexibility index (Phi) is 7.22. The topological polar surface area (TPSA) is 87.7 Å². The van der Waals surface area contributed by atoms with Crippen LogP contribution in [0.15, 0.2) is 30.3 Å². The van der Waals surface area contributed by atoms with E-state index in [1.54, 1.807) is 0 Å². The van der Waals surface area contributed by atoms with Crippen molar-refractivity contribution in [3.8, 4) is 18.1 Å². The summed E-state index contributed by atoms with van der Waals surface area (Å²) in [5.41, 5.74) is 0. The van der Waals surface area contributed by atoms with Gasteiger partial charge in [0.1, 0.15) is 11.8 Å². The largest absolute Gasteiger partial charge is 0.494 e. The van der Waals surface area contributed by atoms with Gasteiger partial charge < -0.3 is 20.5 Å². The number of carbonyl (C=O) groups is 2. The van der Waals surface area contributed by atoms with Crippen molar-refractivity contribution in [2.24, 2.45) is 0 Å². The third kappa shape index (κ3) is 6.87. The fourth-order valence-corrected chi connectivity index (χ4v) is 1.51. The van der Waals surface area contributed by atoms with Crippen LogP contribution in [-0.2, 0) is 4.79 Å². The first-order chi connectivity index (χ1) is 10.1. The van der Waals surface area contributed by atoms with Crippen molar-refractivity contribution < 1.29 is 19.4 Å². The molecule has 0 aromatic heterocycles. The number of benzene rings is 1. The number of aliphatic carboxylic acids is 1. The highest BCUT2D eigenvalue weighted by molar-refractivity contribution is 5.82. The van der Waals surface area contributed by atoms with Gasteiger partial charge in [0.05, 0.1) is 6.61 Å². The molecular formula is C15H18N2O4. The molecule has 2 amide bonds. The quantitative estimate of drug-likeness (QED) is 0.496. The number of rotatable bonds is 8. The molecule has 0 fully saturated rings. The second-order valence-electron chi connectivity index (χ2n) is 4.21. The average molecular weight is 290 g/mol. The van der Waals surface area contributed by atoms with Crippen LogP contribution in [0.1, 0.15) is 12.8 Å². The van der Waals surface area contributed by atoms with Crippen LogP contribution in [0.4, 0.5) is 4.79 Å². The third-order valence-corrected chi connectivity index (χ3v) is 2.54. The van der Waals surface area contributed by atoms with Crippen LogP contribution in [0.2, 0.25) is 0 Å². The van der Waals surface area contributed by atoms with Crippen LogP contribution in [0.5, 0.6) is 5.75 Å². The third-order valence-electron chi connectivity index (χ3n) is 2.54. The predicted octanol–water partition coefficient (Wildman–Crippen LogP) is 1.23. The van der Waals surface area contributed by atoms with E-state index in [1.165, 1.54) is 0 Å². The highest BCUT2D eigenvalue weighted by atomic mass is 16.5. The lowest BCUT2D eigenvalue weighted by molar-refractivity contribution is -0.139. The van der Waals surface area contributed by atoms with Crippen molar-refractivity contribution in [1.82, 2.24) is 10.6 Å². The molecule has 21 heavy (non-hydrogen) atoms. The van der Waals surface area contributed by atoms with E-state index in [-0.39, 0.29) is 6.42 Å². The fourth-order valence-electron chi connectivity index (χ4n) is 1.51. The maximum atomic E-state index is 11.5. The number of carboxylic acids is 1. The van der Waals surface area contributed by atoms with Gasteiger partial charge in [-0.15, -0.1) is 12.3 Å². The van der Waals surface area contributed by atoms with Crippen molar-refractivity contribution in [3.63, 3.8) is 0 Å². The van der Waals surface area contributed by atoms with E-state index in [4.69, 9.17) is 16.3 Å². The second kappa shape index (κ2) is 9.26. The van der Waals surface area contributed by atoms with Gasteiger partial charge in [0, 0.05) is 13.0 Å². The van der Waals surface area contributed by atoms with Gasteiger partial charge >= 0.3 is 12.0 Å². The summed E-state index contributed by atoms with van der Waals surface area (Å²) in [7, 11) is 0. The van der Waals surface area contributed by atoms with Crippen LogP contribution in [-0.4, -0.2) is 36.3 Å². The highest BCUT2D eigenvalue weighted by Gasteiger charge is 2.18. The Morgan fingerprint density at radius 3 is 2.67 bits per heavy atom. The minimum atomic E-state index is -1.16. The van der Waals surface area contributed by atoms with Crippen molar-refractivity contribution in [2.75, 3.05) is 13.2 Å². The Hall–Kier alpha value is -2.68. The van der Waals surface area contributed by atoms with Crippen LogP contribution in [0.3, 0.4) is 0 Å². The van der Waals surface area contributed by atoms with Gasteiger partial charge in [-0.3, -0.25) is 0 Å². The zero-order valence-electron chi connectivity index (χ0n) is 11.5. The summed E-state index contributed by atoms with van der Waals surface area (Å²) in [6.45, 7) is 0.831. The fraction of sp³-hybridized carbons (Fsp3) is 0.333. The van der Waals surface area contributed by atoms with Gasteiger partial charge in [0.25, 0.3) is 0 Å². The van der Waals surface area contributed by atoms with Crippen LogP contribution in [0.25, 0.3) is 0 Å². The van der Waals surface area contributed by atoms with E-state index in [2.05, 4.69) is 16.6 Å². The molecule has 0 spiro atoms. The molecule has 0 aliphatic carbocycles. The normalized spacial score (nSPS) is 11.0. The molecule has 1 rings (SSSR count). The van der Waals surface area contributed by atoms with Gasteiger partial charge in [-0.05, 0) is 18.6 Å². The molecule has 1 unspecified atom stereocenters. The number of carbonyl (C=O) groups excluding carboxylic acids is 1. The molecule has 1 aromatic rings. The molecule has 1 aromatic carbocycles. The number of hydrogen-bond acceptors (Lipinski definition) is 3. The van der Waals surface area contributed by atoms with Crippen LogP contribution in [0, 0.1) is 12.3 Å². The number of ether oxygens (including phenoxy) is 1. The minimum Gasteiger partial charge on any atom is -0.494 e. The Morgan fingerprint density at radius 1 is 1.33 bits per heavy atom. The van der Waals surface area contributed by atoms with E-state index < -0.39 is 18.0 Å². The summed E-state index contributed by atoms with van der Waals surface area (Å²) >= 11 is 0. The van der Waals surface area contributed by atoms with Crippen LogP contribution >= 0.6 is 0 Å². The van der Waals surface area contributed by atoms with Crippen LogP contribution < -0.4 is 15.4 Å². The summed E-state index contributed by atoms with van der Waals surface area (Å²) in [4.78, 5) is 22.3. The molecule has 112 valence electrons. The highest BCUT2D eigenvalue weighted by Crippen LogP contribution is 2.07. The lowest BCUT2D eigenvalue weighted by atomic mass is 10.2. The van der Waals surface area contributed by atoms with Crippen molar-refractivity contribution in [1.29, 1.82) is 0 Å². The zero-order valence-corrected chi connectivity index (χ0v) is 11.5. The molecule has 1 atom stereocenters. The first-order valence-electron chi connectivity index (χ1n) is 6.52. The van der Waals surface area contributed by atoms with E-state index in [9.17, 15) is 9.59 Å². The minimum absolute atomic E-state index is 0.0557.